The van der Waals surface area contributed by atoms with Gasteiger partial charge >= 0.3 is 0 Å². The molecule has 1 amide bonds. The number of benzene rings is 1. The highest BCUT2D eigenvalue weighted by molar-refractivity contribution is 7.03. The van der Waals surface area contributed by atoms with Crippen LogP contribution in [0.5, 0.6) is 0 Å². The van der Waals surface area contributed by atoms with Gasteiger partial charge in [-0.05, 0) is 40.9 Å². The van der Waals surface area contributed by atoms with Crippen molar-refractivity contribution < 1.29 is 13.6 Å². The van der Waals surface area contributed by atoms with Crippen molar-refractivity contribution in [3.8, 4) is 0 Å². The topological polar surface area (TPSA) is 59.0 Å². The molecule has 0 spiro atoms. The van der Waals surface area contributed by atoms with Crippen molar-refractivity contribution in [1.29, 1.82) is 0 Å². The minimum Gasteiger partial charge on any atom is -0.329 e. The van der Waals surface area contributed by atoms with Gasteiger partial charge in [0.25, 0.3) is 5.91 Å². The summed E-state index contributed by atoms with van der Waals surface area (Å²) in [7, 11) is 1.57. The molecule has 0 radical (unpaired) electrons. The fourth-order valence-corrected chi connectivity index (χ4v) is 2.85. The molecule has 0 saturated heterocycles. The number of rotatable bonds is 4. The summed E-state index contributed by atoms with van der Waals surface area (Å²) in [6.45, 7) is 0. The van der Waals surface area contributed by atoms with Gasteiger partial charge in [-0.15, -0.1) is 5.10 Å². The Morgan fingerprint density at radius 2 is 2.04 bits per heavy atom. The van der Waals surface area contributed by atoms with Crippen molar-refractivity contribution in [3.05, 3.63) is 76.6 Å². The van der Waals surface area contributed by atoms with Gasteiger partial charge in [0.2, 0.25) is 0 Å². The number of hydrogen-bond acceptors (Lipinski definition) is 5. The number of hydrogen-bond donors (Lipinski definition) is 0. The highest BCUT2D eigenvalue weighted by Crippen LogP contribution is 2.29. The zero-order valence-electron chi connectivity index (χ0n) is 12.6. The Morgan fingerprint density at radius 1 is 1.21 bits per heavy atom. The standard InChI is InChI=1S/C16H12F2N4OS/c1-22(16(23)14-9-24-21-20-14)15(11-3-2-6-19-8-11)10-4-5-12(17)13(18)7-10/h2-9,15H,1H3. The minimum absolute atomic E-state index is 0.193. The monoisotopic (exact) mass is 346 g/mol. The van der Waals surface area contributed by atoms with Crippen LogP contribution in [-0.4, -0.2) is 32.4 Å². The maximum absolute atomic E-state index is 13.7. The molecular weight excluding hydrogens is 334 g/mol. The predicted molar refractivity (Wildman–Crippen MR) is 84.4 cm³/mol. The second kappa shape index (κ2) is 6.79. The second-order valence-electron chi connectivity index (χ2n) is 5.07. The molecule has 1 unspecified atom stereocenters. The molecule has 3 aromatic rings. The highest BCUT2D eigenvalue weighted by atomic mass is 32.1. The van der Waals surface area contributed by atoms with Crippen LogP contribution in [0.25, 0.3) is 0 Å². The Kier molecular flexibility index (Phi) is 4.57. The van der Waals surface area contributed by atoms with Gasteiger partial charge in [-0.3, -0.25) is 9.78 Å². The van der Waals surface area contributed by atoms with E-state index in [1.54, 1.807) is 31.6 Å². The van der Waals surface area contributed by atoms with E-state index in [0.717, 1.165) is 23.7 Å². The summed E-state index contributed by atoms with van der Waals surface area (Å²) in [5.41, 5.74) is 1.29. The number of pyridine rings is 1. The molecule has 0 saturated carbocycles. The zero-order chi connectivity index (χ0) is 17.1. The van der Waals surface area contributed by atoms with Gasteiger partial charge in [-0.25, -0.2) is 8.78 Å². The van der Waals surface area contributed by atoms with E-state index in [9.17, 15) is 13.6 Å². The fourth-order valence-electron chi connectivity index (χ4n) is 2.42. The average Bonchev–Trinajstić information content (AvgIpc) is 3.13. The number of carbonyl (C=O) groups excluding carboxylic acids is 1. The molecule has 122 valence electrons. The molecule has 0 aliphatic heterocycles. The van der Waals surface area contributed by atoms with E-state index in [-0.39, 0.29) is 11.6 Å². The fraction of sp³-hybridized carbons (Fsp3) is 0.125. The number of aromatic nitrogens is 3. The highest BCUT2D eigenvalue weighted by Gasteiger charge is 2.26. The molecule has 0 aliphatic carbocycles. The van der Waals surface area contributed by atoms with Crippen LogP contribution in [-0.2, 0) is 0 Å². The third-order valence-corrected chi connectivity index (χ3v) is 4.05. The molecule has 8 heteroatoms. The lowest BCUT2D eigenvalue weighted by Gasteiger charge is -2.28. The smallest absolute Gasteiger partial charge is 0.275 e. The molecule has 24 heavy (non-hydrogen) atoms. The Balaban J connectivity index is 2.05. The first kappa shape index (κ1) is 16.1. The largest absolute Gasteiger partial charge is 0.329 e. The van der Waals surface area contributed by atoms with Crippen molar-refractivity contribution >= 4 is 17.4 Å². The van der Waals surface area contributed by atoms with Gasteiger partial charge in [0, 0.05) is 24.8 Å². The molecule has 3 rings (SSSR count). The van der Waals surface area contributed by atoms with Crippen LogP contribution in [0.1, 0.15) is 27.7 Å². The van der Waals surface area contributed by atoms with Crippen molar-refractivity contribution in [2.75, 3.05) is 7.05 Å². The van der Waals surface area contributed by atoms with Crippen molar-refractivity contribution in [2.45, 2.75) is 6.04 Å². The minimum atomic E-state index is -0.974. The third kappa shape index (κ3) is 3.13. The lowest BCUT2D eigenvalue weighted by molar-refractivity contribution is 0.0748. The van der Waals surface area contributed by atoms with Crippen LogP contribution >= 0.6 is 11.5 Å². The van der Waals surface area contributed by atoms with Crippen LogP contribution in [0.4, 0.5) is 8.78 Å². The van der Waals surface area contributed by atoms with E-state index < -0.39 is 17.7 Å². The van der Waals surface area contributed by atoms with Crippen molar-refractivity contribution in [3.63, 3.8) is 0 Å². The van der Waals surface area contributed by atoms with Crippen molar-refractivity contribution in [2.24, 2.45) is 0 Å². The average molecular weight is 346 g/mol. The van der Waals surface area contributed by atoms with Crippen LogP contribution in [0.3, 0.4) is 0 Å². The zero-order valence-corrected chi connectivity index (χ0v) is 13.4. The van der Waals surface area contributed by atoms with Gasteiger partial charge in [-0.2, -0.15) is 0 Å². The van der Waals surface area contributed by atoms with Crippen LogP contribution in [0, 0.1) is 11.6 Å². The van der Waals surface area contributed by atoms with E-state index >= 15 is 0 Å². The third-order valence-electron chi connectivity index (χ3n) is 3.55. The summed E-state index contributed by atoms with van der Waals surface area (Å²) in [6, 6.07) is 6.40. The van der Waals surface area contributed by atoms with Crippen molar-refractivity contribution in [1.82, 2.24) is 19.5 Å². The number of amides is 1. The Morgan fingerprint density at radius 3 is 2.67 bits per heavy atom. The summed E-state index contributed by atoms with van der Waals surface area (Å²) in [5, 5.41) is 5.30. The molecule has 2 aromatic heterocycles. The van der Waals surface area contributed by atoms with E-state index in [1.807, 2.05) is 0 Å². The second-order valence-corrected chi connectivity index (χ2v) is 5.68. The summed E-state index contributed by atoms with van der Waals surface area (Å²) in [6.07, 6.45) is 3.17. The van der Waals surface area contributed by atoms with Gasteiger partial charge in [0.1, 0.15) is 0 Å². The maximum atomic E-state index is 13.7. The summed E-state index contributed by atoms with van der Waals surface area (Å²) in [4.78, 5) is 18.0. The number of nitrogens with zero attached hydrogens (tertiary/aromatic N) is 4. The van der Waals surface area contributed by atoms with Gasteiger partial charge < -0.3 is 4.90 Å². The number of carbonyl (C=O) groups is 1. The Hall–Kier alpha value is -2.74. The van der Waals surface area contributed by atoms with E-state index in [0.29, 0.717) is 11.1 Å². The molecule has 0 bridgehead atoms. The molecular formula is C16H12F2N4OS. The first-order valence-electron chi connectivity index (χ1n) is 6.97. The molecule has 0 aliphatic rings. The van der Waals surface area contributed by atoms with Crippen LogP contribution in [0.15, 0.2) is 48.1 Å². The lowest BCUT2D eigenvalue weighted by atomic mass is 9.98. The molecule has 2 heterocycles. The van der Waals surface area contributed by atoms with E-state index in [4.69, 9.17) is 0 Å². The van der Waals surface area contributed by atoms with E-state index in [1.165, 1.54) is 16.3 Å². The Bertz CT molecular complexity index is 843. The first-order valence-corrected chi connectivity index (χ1v) is 7.80. The van der Waals surface area contributed by atoms with Gasteiger partial charge in [0.05, 0.1) is 6.04 Å². The molecule has 1 atom stereocenters. The Labute approximate surface area is 140 Å². The SMILES string of the molecule is CN(C(=O)c1csnn1)C(c1cccnc1)c1ccc(F)c(F)c1. The van der Waals surface area contributed by atoms with Gasteiger partial charge in [-0.1, -0.05) is 16.6 Å². The molecule has 0 fully saturated rings. The molecule has 0 N–H and O–H groups in total. The normalized spacial score (nSPS) is 12.0. The first-order chi connectivity index (χ1) is 11.6. The van der Waals surface area contributed by atoms with Gasteiger partial charge in [0.15, 0.2) is 17.3 Å². The summed E-state index contributed by atoms with van der Waals surface area (Å²) in [5.74, 6) is -2.29. The van der Waals surface area contributed by atoms with Crippen LogP contribution < -0.4 is 0 Å². The summed E-state index contributed by atoms with van der Waals surface area (Å²) < 4.78 is 30.6. The lowest BCUT2D eigenvalue weighted by Crippen LogP contribution is -2.32. The number of halogens is 2. The summed E-state index contributed by atoms with van der Waals surface area (Å²) >= 11 is 1.06. The molecule has 5 nitrogen and oxygen atoms in total. The maximum Gasteiger partial charge on any atom is 0.275 e. The quantitative estimate of drug-likeness (QED) is 0.728. The van der Waals surface area contributed by atoms with Crippen LogP contribution in [0.2, 0.25) is 0 Å². The van der Waals surface area contributed by atoms with E-state index in [2.05, 4.69) is 14.6 Å². The molecule has 1 aromatic carbocycles. The predicted octanol–water partition coefficient (Wildman–Crippen LogP) is 3.07.